The predicted octanol–water partition coefficient (Wildman–Crippen LogP) is 2.94. The van der Waals surface area contributed by atoms with Crippen molar-refractivity contribution < 1.29 is 9.18 Å². The number of carbonyl (C=O) groups excluding carboxylic acids is 1. The topological polar surface area (TPSA) is 71.2 Å². The first-order valence-corrected chi connectivity index (χ1v) is 7.05. The third kappa shape index (κ3) is 3.37. The Labute approximate surface area is 130 Å². The molecule has 0 saturated heterocycles. The van der Waals surface area contributed by atoms with Crippen LogP contribution in [-0.2, 0) is 0 Å². The number of carbonyl (C=O) groups is 1. The SMILES string of the molecule is CCN(C(=O)c1cc(Br)cnc1NN)c1cccc(F)c1. The van der Waals surface area contributed by atoms with Gasteiger partial charge in [-0.3, -0.25) is 4.79 Å². The van der Waals surface area contributed by atoms with E-state index in [1.165, 1.54) is 23.2 Å². The first kappa shape index (κ1) is 15.4. The number of nitrogens with two attached hydrogens (primary N) is 1. The summed E-state index contributed by atoms with van der Waals surface area (Å²) in [4.78, 5) is 18.2. The lowest BCUT2D eigenvalue weighted by molar-refractivity contribution is 0.0988. The van der Waals surface area contributed by atoms with Gasteiger partial charge in [0.1, 0.15) is 5.82 Å². The van der Waals surface area contributed by atoms with Crippen LogP contribution >= 0.6 is 15.9 Å². The van der Waals surface area contributed by atoms with Gasteiger partial charge in [0, 0.05) is 22.9 Å². The van der Waals surface area contributed by atoms with Crippen molar-refractivity contribution in [1.29, 1.82) is 0 Å². The van der Waals surface area contributed by atoms with Gasteiger partial charge in [0.25, 0.3) is 5.91 Å². The van der Waals surface area contributed by atoms with Crippen molar-refractivity contribution >= 4 is 33.3 Å². The molecule has 0 aliphatic heterocycles. The average Bonchev–Trinajstić information content (AvgIpc) is 2.48. The number of amides is 1. The predicted molar refractivity (Wildman–Crippen MR) is 83.5 cm³/mol. The van der Waals surface area contributed by atoms with Crippen LogP contribution in [0.3, 0.4) is 0 Å². The van der Waals surface area contributed by atoms with E-state index >= 15 is 0 Å². The summed E-state index contributed by atoms with van der Waals surface area (Å²) < 4.78 is 14.0. The monoisotopic (exact) mass is 352 g/mol. The number of pyridine rings is 1. The molecule has 1 heterocycles. The number of halogens is 2. The number of nitrogen functional groups attached to an aromatic ring is 1. The van der Waals surface area contributed by atoms with E-state index in [1.54, 1.807) is 18.2 Å². The summed E-state index contributed by atoms with van der Waals surface area (Å²) in [7, 11) is 0. The van der Waals surface area contributed by atoms with E-state index in [2.05, 4.69) is 26.3 Å². The Bertz CT molecular complexity index is 665. The van der Waals surface area contributed by atoms with E-state index in [9.17, 15) is 9.18 Å². The van der Waals surface area contributed by atoms with Crippen LogP contribution in [0.1, 0.15) is 17.3 Å². The lowest BCUT2D eigenvalue weighted by Crippen LogP contribution is -2.32. The molecule has 0 aliphatic carbocycles. The molecule has 1 aromatic heterocycles. The average molecular weight is 353 g/mol. The molecule has 0 radical (unpaired) electrons. The normalized spacial score (nSPS) is 10.3. The number of benzene rings is 1. The molecule has 5 nitrogen and oxygen atoms in total. The zero-order valence-corrected chi connectivity index (χ0v) is 12.9. The smallest absolute Gasteiger partial charge is 0.262 e. The molecule has 0 bridgehead atoms. The molecule has 0 fully saturated rings. The van der Waals surface area contributed by atoms with E-state index in [-0.39, 0.29) is 11.7 Å². The second kappa shape index (κ2) is 6.64. The minimum atomic E-state index is -0.400. The number of hydrogen-bond donors (Lipinski definition) is 2. The molecule has 0 atom stereocenters. The largest absolute Gasteiger partial charge is 0.308 e. The summed E-state index contributed by atoms with van der Waals surface area (Å²) in [6.45, 7) is 2.20. The molecule has 1 aromatic carbocycles. The molecule has 7 heteroatoms. The highest BCUT2D eigenvalue weighted by atomic mass is 79.9. The standard InChI is InChI=1S/C14H14BrFN4O/c1-2-20(11-5-3-4-10(16)7-11)14(21)12-6-9(15)8-18-13(12)19-17/h3-8H,2,17H2,1H3,(H,18,19). The highest BCUT2D eigenvalue weighted by Gasteiger charge is 2.20. The van der Waals surface area contributed by atoms with E-state index < -0.39 is 5.82 Å². The maximum Gasteiger partial charge on any atom is 0.262 e. The maximum absolute atomic E-state index is 13.3. The summed E-state index contributed by atoms with van der Waals surface area (Å²) in [5.41, 5.74) is 3.17. The zero-order chi connectivity index (χ0) is 15.4. The van der Waals surface area contributed by atoms with Crippen molar-refractivity contribution in [2.45, 2.75) is 6.92 Å². The number of nitrogens with zero attached hydrogens (tertiary/aromatic N) is 2. The number of aromatic nitrogens is 1. The molecule has 110 valence electrons. The van der Waals surface area contributed by atoms with Crippen molar-refractivity contribution in [3.05, 3.63) is 52.4 Å². The van der Waals surface area contributed by atoms with Gasteiger partial charge >= 0.3 is 0 Å². The van der Waals surface area contributed by atoms with Crippen LogP contribution in [0.15, 0.2) is 41.0 Å². The maximum atomic E-state index is 13.3. The van der Waals surface area contributed by atoms with Gasteiger partial charge in [0.15, 0.2) is 5.82 Å². The Hall–Kier alpha value is -1.99. The van der Waals surface area contributed by atoms with Crippen LogP contribution in [0.2, 0.25) is 0 Å². The molecule has 0 spiro atoms. The third-order valence-electron chi connectivity index (χ3n) is 2.90. The van der Waals surface area contributed by atoms with E-state index in [4.69, 9.17) is 5.84 Å². The Morgan fingerprint density at radius 3 is 2.86 bits per heavy atom. The highest BCUT2D eigenvalue weighted by molar-refractivity contribution is 9.10. The fourth-order valence-corrected chi connectivity index (χ4v) is 2.28. The summed E-state index contributed by atoms with van der Waals surface area (Å²) in [5, 5.41) is 0. The summed E-state index contributed by atoms with van der Waals surface area (Å²) >= 11 is 3.27. The first-order valence-electron chi connectivity index (χ1n) is 6.26. The molecule has 0 aliphatic rings. The van der Waals surface area contributed by atoms with Crippen LogP contribution in [0.25, 0.3) is 0 Å². The fourth-order valence-electron chi connectivity index (χ4n) is 1.95. The van der Waals surface area contributed by atoms with Gasteiger partial charge in [-0.1, -0.05) is 6.07 Å². The van der Waals surface area contributed by atoms with Crippen LogP contribution in [0.5, 0.6) is 0 Å². The quantitative estimate of drug-likeness (QED) is 0.655. The first-order chi connectivity index (χ1) is 10.1. The number of anilines is 2. The van der Waals surface area contributed by atoms with Crippen molar-refractivity contribution in [3.8, 4) is 0 Å². The fraction of sp³-hybridized carbons (Fsp3) is 0.143. The summed E-state index contributed by atoms with van der Waals surface area (Å²) in [6.07, 6.45) is 1.53. The number of hydrazine groups is 1. The van der Waals surface area contributed by atoms with Crippen LogP contribution in [0, 0.1) is 5.82 Å². The molecule has 1 amide bonds. The third-order valence-corrected chi connectivity index (χ3v) is 3.34. The molecule has 3 N–H and O–H groups in total. The highest BCUT2D eigenvalue weighted by Crippen LogP contribution is 2.23. The Kier molecular flexibility index (Phi) is 4.87. The number of nitrogens with one attached hydrogen (secondary N) is 1. The molecule has 21 heavy (non-hydrogen) atoms. The molecule has 2 rings (SSSR count). The van der Waals surface area contributed by atoms with Gasteiger partial charge in [0.05, 0.1) is 5.56 Å². The Morgan fingerprint density at radius 2 is 2.24 bits per heavy atom. The summed E-state index contributed by atoms with van der Waals surface area (Å²) in [5.74, 6) is 4.93. The lowest BCUT2D eigenvalue weighted by atomic mass is 10.2. The van der Waals surface area contributed by atoms with Crippen molar-refractivity contribution in [2.24, 2.45) is 5.84 Å². The van der Waals surface area contributed by atoms with Gasteiger partial charge in [0.2, 0.25) is 0 Å². The van der Waals surface area contributed by atoms with Crippen LogP contribution < -0.4 is 16.2 Å². The molecule has 0 unspecified atom stereocenters. The molecular formula is C14H14BrFN4O. The van der Waals surface area contributed by atoms with Gasteiger partial charge in [-0.15, -0.1) is 0 Å². The minimum absolute atomic E-state index is 0.262. The van der Waals surface area contributed by atoms with Crippen LogP contribution in [0.4, 0.5) is 15.9 Å². The zero-order valence-electron chi connectivity index (χ0n) is 11.3. The van der Waals surface area contributed by atoms with Crippen molar-refractivity contribution in [1.82, 2.24) is 4.98 Å². The van der Waals surface area contributed by atoms with Gasteiger partial charge in [-0.25, -0.2) is 15.2 Å². The second-order valence-electron chi connectivity index (χ2n) is 4.22. The van der Waals surface area contributed by atoms with Crippen molar-refractivity contribution in [3.63, 3.8) is 0 Å². The van der Waals surface area contributed by atoms with E-state index in [0.29, 0.717) is 22.3 Å². The molecule has 0 saturated carbocycles. The van der Waals surface area contributed by atoms with Gasteiger partial charge in [-0.2, -0.15) is 0 Å². The summed E-state index contributed by atoms with van der Waals surface area (Å²) in [6, 6.07) is 7.48. The molecule has 2 aromatic rings. The van der Waals surface area contributed by atoms with Gasteiger partial charge in [-0.05, 0) is 47.1 Å². The van der Waals surface area contributed by atoms with E-state index in [1.807, 2.05) is 6.92 Å². The van der Waals surface area contributed by atoms with Crippen molar-refractivity contribution in [2.75, 3.05) is 16.9 Å². The minimum Gasteiger partial charge on any atom is -0.308 e. The number of hydrogen-bond acceptors (Lipinski definition) is 4. The second-order valence-corrected chi connectivity index (χ2v) is 5.14. The van der Waals surface area contributed by atoms with Gasteiger partial charge < -0.3 is 10.3 Å². The Morgan fingerprint density at radius 1 is 1.48 bits per heavy atom. The van der Waals surface area contributed by atoms with E-state index in [0.717, 1.165) is 0 Å². The lowest BCUT2D eigenvalue weighted by Gasteiger charge is -2.22. The molecular weight excluding hydrogens is 339 g/mol. The number of rotatable bonds is 4. The Balaban J connectivity index is 2.43. The van der Waals surface area contributed by atoms with Crippen LogP contribution in [-0.4, -0.2) is 17.4 Å².